The van der Waals surface area contributed by atoms with Gasteiger partial charge in [-0.05, 0) is 37.7 Å². The topological polar surface area (TPSA) is 295 Å². The van der Waals surface area contributed by atoms with Crippen molar-refractivity contribution >= 4 is 53.3 Å². The van der Waals surface area contributed by atoms with Gasteiger partial charge in [0.15, 0.2) is 5.96 Å². The number of primary amides is 1. The summed E-state index contributed by atoms with van der Waals surface area (Å²) in [5.41, 5.74) is 21.6. The molecule has 0 spiro atoms. The molecule has 0 aromatic carbocycles. The number of carboxylic acid groups (broad SMARTS) is 2. The summed E-state index contributed by atoms with van der Waals surface area (Å²) in [5, 5.41) is 24.9. The molecule has 13 N–H and O–H groups in total. The minimum Gasteiger partial charge on any atom is -0.481 e. The Kier molecular flexibility index (Phi) is 16.0. The van der Waals surface area contributed by atoms with Crippen molar-refractivity contribution in [2.75, 3.05) is 18.6 Å². The molecule has 0 fully saturated rings. The number of nitrogens with two attached hydrogens (primary N) is 4. The maximum Gasteiger partial charge on any atom is 0.326 e. The summed E-state index contributed by atoms with van der Waals surface area (Å²) in [4.78, 5) is 75.6. The lowest BCUT2D eigenvalue weighted by Crippen LogP contribution is -2.57. The lowest BCUT2D eigenvalue weighted by molar-refractivity contribution is -0.143. The molecule has 16 nitrogen and oxygen atoms in total. The molecule has 4 amide bonds. The average molecular weight is 549 g/mol. The number of amides is 4. The molecule has 0 aromatic rings. The molecule has 0 aliphatic carbocycles. The second-order valence-electron chi connectivity index (χ2n) is 7.96. The van der Waals surface area contributed by atoms with Gasteiger partial charge in [-0.25, -0.2) is 4.79 Å². The van der Waals surface area contributed by atoms with E-state index >= 15 is 0 Å². The number of aliphatic carboxylic acids is 2. The summed E-state index contributed by atoms with van der Waals surface area (Å²) in [6.45, 7) is 0.135. The second-order valence-corrected chi connectivity index (χ2v) is 8.95. The molecule has 37 heavy (non-hydrogen) atoms. The van der Waals surface area contributed by atoms with Gasteiger partial charge in [0.25, 0.3) is 0 Å². The Balaban J connectivity index is 5.61. The molecule has 0 radical (unpaired) electrons. The Morgan fingerprint density at radius 2 is 1.41 bits per heavy atom. The monoisotopic (exact) mass is 548 g/mol. The molecule has 4 unspecified atom stereocenters. The fourth-order valence-electron chi connectivity index (χ4n) is 2.91. The van der Waals surface area contributed by atoms with Crippen molar-refractivity contribution < 1.29 is 39.0 Å². The molecule has 0 saturated carbocycles. The van der Waals surface area contributed by atoms with Crippen LogP contribution in [0.4, 0.5) is 0 Å². The van der Waals surface area contributed by atoms with Crippen molar-refractivity contribution in [3.05, 3.63) is 0 Å². The van der Waals surface area contributed by atoms with E-state index in [4.69, 9.17) is 28.0 Å². The first kappa shape index (κ1) is 33.4. The standard InChI is InChI=1S/C20H36N8O8S/c1-37-8-6-10(21)16(32)26-11(3-2-7-25-20(23)24)17(33)28-13(9-14(22)29)18(34)27-12(19(35)36)4-5-15(30)31/h10-13H,2-9,21H2,1H3,(H2,22,29)(H,26,32)(H,27,34)(H,28,33)(H,30,31)(H,35,36)(H4,23,24,25). The molecule has 0 heterocycles. The van der Waals surface area contributed by atoms with Gasteiger partial charge in [0, 0.05) is 13.0 Å². The molecular formula is C20H36N8O8S. The maximum atomic E-state index is 13.0. The van der Waals surface area contributed by atoms with E-state index in [1.54, 1.807) is 0 Å². The fourth-order valence-corrected chi connectivity index (χ4v) is 3.40. The number of rotatable bonds is 19. The first-order valence-electron chi connectivity index (χ1n) is 11.2. The summed E-state index contributed by atoms with van der Waals surface area (Å²) < 4.78 is 0. The number of carbonyl (C=O) groups is 6. The second kappa shape index (κ2) is 17.8. The summed E-state index contributed by atoms with van der Waals surface area (Å²) in [5.74, 6) is -5.90. The Bertz CT molecular complexity index is 852. The highest BCUT2D eigenvalue weighted by Crippen LogP contribution is 2.05. The lowest BCUT2D eigenvalue weighted by atomic mass is 10.1. The van der Waals surface area contributed by atoms with Gasteiger partial charge in [0.1, 0.15) is 18.1 Å². The number of nitrogens with one attached hydrogen (secondary N) is 3. The minimum absolute atomic E-state index is 0.0326. The molecule has 0 rings (SSSR count). The number of nitrogens with zero attached hydrogens (tertiary/aromatic N) is 1. The molecule has 4 atom stereocenters. The molecule has 0 aromatic heterocycles. The van der Waals surface area contributed by atoms with Crippen molar-refractivity contribution in [2.24, 2.45) is 27.9 Å². The van der Waals surface area contributed by atoms with Crippen LogP contribution in [0.5, 0.6) is 0 Å². The van der Waals surface area contributed by atoms with Gasteiger partial charge in [0.2, 0.25) is 23.6 Å². The maximum absolute atomic E-state index is 13.0. The van der Waals surface area contributed by atoms with Crippen LogP contribution in [0.15, 0.2) is 4.99 Å². The van der Waals surface area contributed by atoms with Crippen LogP contribution in [-0.4, -0.2) is 94.5 Å². The van der Waals surface area contributed by atoms with Crippen molar-refractivity contribution in [2.45, 2.75) is 62.7 Å². The number of carbonyl (C=O) groups excluding carboxylic acids is 4. The molecule has 0 bridgehead atoms. The predicted molar refractivity (Wildman–Crippen MR) is 135 cm³/mol. The van der Waals surface area contributed by atoms with E-state index < -0.39 is 79.0 Å². The van der Waals surface area contributed by atoms with Gasteiger partial charge in [-0.2, -0.15) is 11.8 Å². The predicted octanol–water partition coefficient (Wildman–Crippen LogP) is -3.60. The van der Waals surface area contributed by atoms with E-state index in [9.17, 15) is 33.9 Å². The lowest BCUT2D eigenvalue weighted by Gasteiger charge is -2.24. The quantitative estimate of drug-likeness (QED) is 0.0429. The molecule has 0 aliphatic rings. The molecule has 17 heteroatoms. The number of carboxylic acids is 2. The highest BCUT2D eigenvalue weighted by Gasteiger charge is 2.31. The SMILES string of the molecule is CSCCC(N)C(=O)NC(CCCN=C(N)N)C(=O)NC(CC(N)=O)C(=O)NC(CCC(=O)O)C(=O)O. The third-order valence-corrected chi connectivity index (χ3v) is 5.49. The van der Waals surface area contributed by atoms with Crippen molar-refractivity contribution in [3.8, 4) is 0 Å². The average Bonchev–Trinajstić information content (AvgIpc) is 2.80. The minimum atomic E-state index is -1.60. The summed E-state index contributed by atoms with van der Waals surface area (Å²) in [6, 6.07) is -5.30. The molecule has 0 aliphatic heterocycles. The first-order chi connectivity index (χ1) is 17.3. The highest BCUT2D eigenvalue weighted by molar-refractivity contribution is 7.98. The molecule has 0 saturated heterocycles. The zero-order valence-corrected chi connectivity index (χ0v) is 21.3. The number of aliphatic imine (C=N–C) groups is 1. The van der Waals surface area contributed by atoms with Gasteiger partial charge in [0.05, 0.1) is 12.5 Å². The smallest absolute Gasteiger partial charge is 0.326 e. The van der Waals surface area contributed by atoms with Gasteiger partial charge < -0.3 is 49.1 Å². The van der Waals surface area contributed by atoms with Crippen LogP contribution in [0.2, 0.25) is 0 Å². The van der Waals surface area contributed by atoms with Crippen LogP contribution in [0, 0.1) is 0 Å². The fraction of sp³-hybridized carbons (Fsp3) is 0.650. The zero-order chi connectivity index (χ0) is 28.5. The largest absolute Gasteiger partial charge is 0.481 e. The first-order valence-corrected chi connectivity index (χ1v) is 12.6. The highest BCUT2D eigenvalue weighted by atomic mass is 32.2. The number of hydrogen-bond donors (Lipinski definition) is 9. The van der Waals surface area contributed by atoms with Crippen LogP contribution in [0.3, 0.4) is 0 Å². The summed E-state index contributed by atoms with van der Waals surface area (Å²) in [6.07, 6.45) is 0.782. The van der Waals surface area contributed by atoms with E-state index in [0.29, 0.717) is 12.2 Å². The van der Waals surface area contributed by atoms with E-state index in [0.717, 1.165) is 0 Å². The van der Waals surface area contributed by atoms with Gasteiger partial charge in [-0.3, -0.25) is 29.0 Å². The summed E-state index contributed by atoms with van der Waals surface area (Å²) in [7, 11) is 0. The van der Waals surface area contributed by atoms with Crippen molar-refractivity contribution in [1.29, 1.82) is 0 Å². The van der Waals surface area contributed by atoms with Crippen molar-refractivity contribution in [1.82, 2.24) is 16.0 Å². The number of thioether (sulfide) groups is 1. The number of guanidine groups is 1. The third-order valence-electron chi connectivity index (χ3n) is 4.85. The normalized spacial score (nSPS) is 13.8. The summed E-state index contributed by atoms with van der Waals surface area (Å²) >= 11 is 1.48. The van der Waals surface area contributed by atoms with E-state index in [-0.39, 0.29) is 25.3 Å². The molecular weight excluding hydrogens is 512 g/mol. The van der Waals surface area contributed by atoms with Gasteiger partial charge in [-0.15, -0.1) is 0 Å². The van der Waals surface area contributed by atoms with E-state index in [1.165, 1.54) is 11.8 Å². The van der Waals surface area contributed by atoms with Crippen LogP contribution in [0.25, 0.3) is 0 Å². The van der Waals surface area contributed by atoms with Crippen LogP contribution in [0.1, 0.15) is 38.5 Å². The third kappa shape index (κ3) is 15.2. The Labute approximate surface area is 217 Å². The van der Waals surface area contributed by atoms with E-state index in [1.807, 2.05) is 6.26 Å². The van der Waals surface area contributed by atoms with Crippen LogP contribution < -0.4 is 38.9 Å². The van der Waals surface area contributed by atoms with Crippen LogP contribution >= 0.6 is 11.8 Å². The Hall–Kier alpha value is -3.60. The Morgan fingerprint density at radius 1 is 0.838 bits per heavy atom. The van der Waals surface area contributed by atoms with E-state index in [2.05, 4.69) is 20.9 Å². The zero-order valence-electron chi connectivity index (χ0n) is 20.5. The van der Waals surface area contributed by atoms with Gasteiger partial charge >= 0.3 is 11.9 Å². The molecule has 210 valence electrons. The van der Waals surface area contributed by atoms with Crippen LogP contribution in [-0.2, 0) is 28.8 Å². The van der Waals surface area contributed by atoms with Crippen molar-refractivity contribution in [3.63, 3.8) is 0 Å². The van der Waals surface area contributed by atoms with Gasteiger partial charge in [-0.1, -0.05) is 0 Å². The Morgan fingerprint density at radius 3 is 1.92 bits per heavy atom. The number of hydrogen-bond acceptors (Lipinski definition) is 9.